The number of aryl methyl sites for hydroxylation is 1. The van der Waals surface area contributed by atoms with Gasteiger partial charge >= 0.3 is 0 Å². The Hall–Kier alpha value is -2.38. The van der Waals surface area contributed by atoms with Crippen LogP contribution >= 0.6 is 22.9 Å². The van der Waals surface area contributed by atoms with Gasteiger partial charge in [-0.3, -0.25) is 14.4 Å². The molecule has 1 aromatic carbocycles. The first-order valence-electron chi connectivity index (χ1n) is 10.4. The molecular weight excluding hydrogens is 434 g/mol. The van der Waals surface area contributed by atoms with Crippen LogP contribution in [0.4, 0.5) is 5.69 Å². The van der Waals surface area contributed by atoms with E-state index in [1.807, 2.05) is 11.8 Å². The molecule has 166 valence electrons. The van der Waals surface area contributed by atoms with E-state index in [-0.39, 0.29) is 17.7 Å². The summed E-state index contributed by atoms with van der Waals surface area (Å²) in [6.07, 6.45) is 2.18. The van der Waals surface area contributed by atoms with Crippen molar-refractivity contribution >= 4 is 46.3 Å². The molecule has 0 saturated carbocycles. The molecule has 0 aliphatic carbocycles. The minimum atomic E-state index is -1.14. The Morgan fingerprint density at radius 3 is 2.55 bits per heavy atom. The summed E-state index contributed by atoms with van der Waals surface area (Å²) in [5.41, 5.74) is 0.887. The Bertz CT molecular complexity index is 1000. The summed E-state index contributed by atoms with van der Waals surface area (Å²) in [4.78, 5) is 40.4. The van der Waals surface area contributed by atoms with Crippen molar-refractivity contribution in [2.24, 2.45) is 5.92 Å². The van der Waals surface area contributed by atoms with E-state index in [1.54, 1.807) is 44.2 Å². The molecule has 1 aromatic heterocycles. The molecule has 2 heterocycles. The Morgan fingerprint density at radius 1 is 1.19 bits per heavy atom. The lowest BCUT2D eigenvalue weighted by molar-refractivity contribution is -0.120. The Labute approximate surface area is 192 Å². The van der Waals surface area contributed by atoms with Gasteiger partial charge in [-0.25, -0.2) is 0 Å². The third-order valence-electron chi connectivity index (χ3n) is 5.45. The fourth-order valence-electron chi connectivity index (χ4n) is 3.65. The summed E-state index contributed by atoms with van der Waals surface area (Å²) >= 11 is 7.04. The number of anilines is 1. The zero-order valence-corrected chi connectivity index (χ0v) is 19.8. The maximum atomic E-state index is 12.9. The van der Waals surface area contributed by atoms with Crippen LogP contribution in [0.1, 0.15) is 59.2 Å². The lowest BCUT2D eigenvalue weighted by atomic mass is 9.98. The van der Waals surface area contributed by atoms with Crippen LogP contribution in [0.2, 0.25) is 4.34 Å². The number of nitrogens with one attached hydrogen (secondary N) is 2. The van der Waals surface area contributed by atoms with Gasteiger partial charge in [0.05, 0.1) is 9.21 Å². The third kappa shape index (κ3) is 5.66. The quantitative estimate of drug-likeness (QED) is 0.675. The van der Waals surface area contributed by atoms with Crippen LogP contribution in [-0.2, 0) is 4.79 Å². The fourth-order valence-corrected chi connectivity index (χ4v) is 4.59. The van der Waals surface area contributed by atoms with E-state index in [2.05, 4.69) is 17.6 Å². The van der Waals surface area contributed by atoms with E-state index < -0.39 is 5.54 Å². The highest BCUT2D eigenvalue weighted by molar-refractivity contribution is 7.18. The first kappa shape index (κ1) is 23.3. The lowest BCUT2D eigenvalue weighted by Gasteiger charge is -2.31. The number of hydrogen-bond donors (Lipinski definition) is 2. The summed E-state index contributed by atoms with van der Waals surface area (Å²) in [5.74, 6) is -0.167. The maximum absolute atomic E-state index is 12.9. The van der Waals surface area contributed by atoms with Gasteiger partial charge in [-0.15, -0.1) is 11.3 Å². The van der Waals surface area contributed by atoms with Crippen molar-refractivity contribution in [1.82, 2.24) is 10.2 Å². The topological polar surface area (TPSA) is 78.5 Å². The molecule has 2 N–H and O–H groups in total. The van der Waals surface area contributed by atoms with Crippen molar-refractivity contribution in [3.63, 3.8) is 0 Å². The number of rotatable bonds is 5. The maximum Gasteiger partial charge on any atom is 0.262 e. The molecule has 1 aliphatic rings. The summed E-state index contributed by atoms with van der Waals surface area (Å²) in [5, 5.41) is 5.57. The number of likely N-dealkylation sites (tertiary alicyclic amines) is 1. The second kappa shape index (κ2) is 9.40. The Kier molecular flexibility index (Phi) is 7.06. The van der Waals surface area contributed by atoms with Crippen molar-refractivity contribution in [3.05, 3.63) is 50.7 Å². The predicted octanol–water partition coefficient (Wildman–Crippen LogP) is 4.73. The van der Waals surface area contributed by atoms with Crippen molar-refractivity contribution in [3.8, 4) is 0 Å². The van der Waals surface area contributed by atoms with Gasteiger partial charge in [-0.2, -0.15) is 0 Å². The van der Waals surface area contributed by atoms with Crippen LogP contribution in [0.15, 0.2) is 30.3 Å². The van der Waals surface area contributed by atoms with E-state index in [0.29, 0.717) is 26.4 Å². The molecular formula is C23H28ClN3O3S. The van der Waals surface area contributed by atoms with Gasteiger partial charge in [0.15, 0.2) is 0 Å². The Balaban J connectivity index is 1.66. The molecule has 0 spiro atoms. The monoisotopic (exact) mass is 461 g/mol. The number of hydrogen-bond acceptors (Lipinski definition) is 4. The van der Waals surface area contributed by atoms with Gasteiger partial charge in [-0.05, 0) is 75.4 Å². The van der Waals surface area contributed by atoms with Crippen molar-refractivity contribution in [2.45, 2.75) is 46.1 Å². The average Bonchev–Trinajstić information content (AvgIpc) is 3.14. The minimum absolute atomic E-state index is 0.0316. The van der Waals surface area contributed by atoms with E-state index in [4.69, 9.17) is 11.6 Å². The zero-order chi connectivity index (χ0) is 22.8. The normalized spacial score (nSPS) is 16.7. The third-order valence-corrected chi connectivity index (χ3v) is 6.68. The molecule has 3 rings (SSSR count). The van der Waals surface area contributed by atoms with Gasteiger partial charge < -0.3 is 15.5 Å². The number of piperidine rings is 1. The van der Waals surface area contributed by atoms with Crippen LogP contribution in [0, 0.1) is 12.8 Å². The van der Waals surface area contributed by atoms with Crippen molar-refractivity contribution < 1.29 is 14.4 Å². The second-order valence-electron chi connectivity index (χ2n) is 8.67. The van der Waals surface area contributed by atoms with Gasteiger partial charge in [0, 0.05) is 24.3 Å². The van der Waals surface area contributed by atoms with Gasteiger partial charge in [0.25, 0.3) is 11.8 Å². The number of carbonyl (C=O) groups is 3. The summed E-state index contributed by atoms with van der Waals surface area (Å²) in [7, 11) is 0. The number of benzene rings is 1. The number of amides is 3. The van der Waals surface area contributed by atoms with Crippen molar-refractivity contribution in [1.29, 1.82) is 0 Å². The molecule has 31 heavy (non-hydrogen) atoms. The van der Waals surface area contributed by atoms with Crippen LogP contribution in [0.3, 0.4) is 0 Å². The van der Waals surface area contributed by atoms with Crippen LogP contribution in [0.25, 0.3) is 0 Å². The SMILES string of the molecule is Cc1cc(NC(=O)C(C)(C)NC(=O)c2ccc(Cl)s2)ccc1C(=O)N1CCCC(C)C1. The van der Waals surface area contributed by atoms with Crippen LogP contribution < -0.4 is 10.6 Å². The molecule has 1 aliphatic heterocycles. The highest BCUT2D eigenvalue weighted by atomic mass is 35.5. The molecule has 2 aromatic rings. The highest BCUT2D eigenvalue weighted by Gasteiger charge is 2.31. The smallest absolute Gasteiger partial charge is 0.262 e. The summed E-state index contributed by atoms with van der Waals surface area (Å²) in [6.45, 7) is 8.86. The van der Waals surface area contributed by atoms with E-state index in [0.717, 1.165) is 42.8 Å². The number of halogens is 1. The van der Waals surface area contributed by atoms with Crippen LogP contribution in [0.5, 0.6) is 0 Å². The molecule has 6 nitrogen and oxygen atoms in total. The molecule has 1 atom stereocenters. The van der Waals surface area contributed by atoms with Gasteiger partial charge in [-0.1, -0.05) is 18.5 Å². The van der Waals surface area contributed by atoms with E-state index >= 15 is 0 Å². The predicted molar refractivity (Wildman–Crippen MR) is 125 cm³/mol. The second-order valence-corrected chi connectivity index (χ2v) is 10.4. The zero-order valence-electron chi connectivity index (χ0n) is 18.3. The lowest BCUT2D eigenvalue weighted by Crippen LogP contribution is -2.52. The summed E-state index contributed by atoms with van der Waals surface area (Å²) in [6, 6.07) is 8.53. The molecule has 1 unspecified atom stereocenters. The van der Waals surface area contributed by atoms with E-state index in [9.17, 15) is 14.4 Å². The average molecular weight is 462 g/mol. The first-order valence-corrected chi connectivity index (χ1v) is 11.6. The molecule has 1 fully saturated rings. The fraction of sp³-hybridized carbons (Fsp3) is 0.435. The number of thiophene rings is 1. The largest absolute Gasteiger partial charge is 0.338 e. The number of nitrogens with zero attached hydrogens (tertiary/aromatic N) is 1. The van der Waals surface area contributed by atoms with Gasteiger partial charge in [0.1, 0.15) is 5.54 Å². The minimum Gasteiger partial charge on any atom is -0.338 e. The first-order chi connectivity index (χ1) is 14.6. The molecule has 3 amide bonds. The molecule has 0 bridgehead atoms. The molecule has 8 heteroatoms. The van der Waals surface area contributed by atoms with Crippen LogP contribution in [-0.4, -0.2) is 41.2 Å². The molecule has 0 radical (unpaired) electrons. The number of carbonyl (C=O) groups excluding carboxylic acids is 3. The molecule has 1 saturated heterocycles. The van der Waals surface area contributed by atoms with Crippen molar-refractivity contribution in [2.75, 3.05) is 18.4 Å². The Morgan fingerprint density at radius 2 is 1.94 bits per heavy atom. The standard InChI is InChI=1S/C23H28ClN3O3S/c1-14-6-5-11-27(13-14)21(29)17-8-7-16(12-15(17)2)25-22(30)23(3,4)26-20(28)18-9-10-19(24)31-18/h7-10,12,14H,5-6,11,13H2,1-4H3,(H,25,30)(H,26,28). The van der Waals surface area contributed by atoms with Gasteiger partial charge in [0.2, 0.25) is 5.91 Å². The van der Waals surface area contributed by atoms with E-state index in [1.165, 1.54) is 0 Å². The summed E-state index contributed by atoms with van der Waals surface area (Å²) < 4.78 is 0.511. The highest BCUT2D eigenvalue weighted by Crippen LogP contribution is 2.24.